The monoisotopic (exact) mass is 500 g/mol. The fraction of sp³-hybridized carbons (Fsp3) is 0.156. The number of thioether (sulfide) groups is 1. The van der Waals surface area contributed by atoms with Crippen LogP contribution in [0.5, 0.6) is 0 Å². The first kappa shape index (κ1) is 24.5. The van der Waals surface area contributed by atoms with Gasteiger partial charge in [0, 0.05) is 11.3 Å². The van der Waals surface area contributed by atoms with E-state index in [4.69, 9.17) is 0 Å². The van der Waals surface area contributed by atoms with E-state index < -0.39 is 5.41 Å². The predicted octanol–water partition coefficient (Wildman–Crippen LogP) is 7.54. The Hall–Kier alpha value is -4.14. The Morgan fingerprint density at radius 2 is 1.35 bits per heavy atom. The van der Waals surface area contributed by atoms with Gasteiger partial charge in [0.25, 0.3) is 0 Å². The van der Waals surface area contributed by atoms with Crippen LogP contribution in [-0.2, 0) is 5.41 Å². The normalized spacial score (nSPS) is 11.3. The SMILES string of the molecule is Cc1ccc(-n2c(SCCC(C#N)(c3ccccc3)c3ccccc3)nnc2-c2ccccc2)cc1C. The first-order valence-corrected chi connectivity index (χ1v) is 13.3. The molecule has 0 saturated carbocycles. The Bertz CT molecular complexity index is 1480. The van der Waals surface area contributed by atoms with E-state index >= 15 is 0 Å². The molecule has 5 aromatic rings. The molecule has 5 rings (SSSR count). The Labute approximate surface area is 222 Å². The molecule has 0 aliphatic rings. The van der Waals surface area contributed by atoms with Gasteiger partial charge in [-0.2, -0.15) is 5.26 Å². The van der Waals surface area contributed by atoms with Gasteiger partial charge >= 0.3 is 0 Å². The molecule has 0 N–H and O–H groups in total. The molecule has 0 unspecified atom stereocenters. The number of aryl methyl sites for hydroxylation is 2. The Morgan fingerprint density at radius 1 is 0.757 bits per heavy atom. The molecule has 5 heteroatoms. The average Bonchev–Trinajstić information content (AvgIpc) is 3.38. The summed E-state index contributed by atoms with van der Waals surface area (Å²) in [7, 11) is 0. The Kier molecular flexibility index (Phi) is 7.20. The van der Waals surface area contributed by atoms with Crippen molar-refractivity contribution in [2.45, 2.75) is 30.8 Å². The van der Waals surface area contributed by atoms with E-state index in [0.717, 1.165) is 33.4 Å². The molecule has 4 aromatic carbocycles. The summed E-state index contributed by atoms with van der Waals surface area (Å²) >= 11 is 1.64. The van der Waals surface area contributed by atoms with Crippen molar-refractivity contribution < 1.29 is 0 Å². The number of aromatic nitrogens is 3. The van der Waals surface area contributed by atoms with Crippen molar-refractivity contribution in [3.63, 3.8) is 0 Å². The van der Waals surface area contributed by atoms with E-state index in [-0.39, 0.29) is 0 Å². The predicted molar refractivity (Wildman–Crippen MR) is 151 cm³/mol. The average molecular weight is 501 g/mol. The molecular weight excluding hydrogens is 472 g/mol. The van der Waals surface area contributed by atoms with Gasteiger partial charge in [0.1, 0.15) is 5.41 Å². The van der Waals surface area contributed by atoms with Gasteiger partial charge in [-0.15, -0.1) is 10.2 Å². The highest BCUT2D eigenvalue weighted by molar-refractivity contribution is 7.99. The minimum Gasteiger partial charge on any atom is -0.270 e. The Morgan fingerprint density at radius 3 is 1.92 bits per heavy atom. The number of nitriles is 1. The minimum atomic E-state index is -0.747. The first-order chi connectivity index (χ1) is 18.1. The summed E-state index contributed by atoms with van der Waals surface area (Å²) in [5.41, 5.74) is 5.78. The molecule has 0 fully saturated rings. The van der Waals surface area contributed by atoms with Crippen molar-refractivity contribution in [1.29, 1.82) is 5.26 Å². The summed E-state index contributed by atoms with van der Waals surface area (Å²) in [5, 5.41) is 20.5. The van der Waals surface area contributed by atoms with Crippen molar-refractivity contribution in [2.24, 2.45) is 0 Å². The molecule has 0 radical (unpaired) electrons. The summed E-state index contributed by atoms with van der Waals surface area (Å²) in [4.78, 5) is 0. The molecule has 0 amide bonds. The fourth-order valence-corrected chi connectivity index (χ4v) is 5.63. The molecular formula is C32H28N4S. The molecule has 0 aliphatic heterocycles. The maximum atomic E-state index is 10.5. The number of hydrogen-bond donors (Lipinski definition) is 0. The summed E-state index contributed by atoms with van der Waals surface area (Å²) in [6, 6.07) is 39.4. The highest BCUT2D eigenvalue weighted by Gasteiger charge is 2.34. The highest BCUT2D eigenvalue weighted by Crippen LogP contribution is 2.38. The van der Waals surface area contributed by atoms with Crippen LogP contribution in [0.2, 0.25) is 0 Å². The standard InChI is InChI=1S/C32H28N4S/c1-24-18-19-29(22-25(24)2)36-30(26-12-6-3-7-13-26)34-35-31(36)37-21-20-32(23-33,27-14-8-4-9-15-27)28-16-10-5-11-17-28/h3-19,22H,20-21H2,1-2H3. The fourth-order valence-electron chi connectivity index (χ4n) is 4.62. The van der Waals surface area contributed by atoms with Crippen molar-refractivity contribution >= 4 is 11.8 Å². The van der Waals surface area contributed by atoms with Gasteiger partial charge in [-0.05, 0) is 54.7 Å². The smallest absolute Gasteiger partial charge is 0.196 e. The number of rotatable bonds is 8. The lowest BCUT2D eigenvalue weighted by Gasteiger charge is -2.28. The number of benzene rings is 4. The molecule has 0 spiro atoms. The Balaban J connectivity index is 1.51. The summed E-state index contributed by atoms with van der Waals surface area (Å²) in [5.74, 6) is 1.51. The van der Waals surface area contributed by atoms with Gasteiger partial charge in [0.05, 0.1) is 11.8 Å². The summed E-state index contributed by atoms with van der Waals surface area (Å²) in [6.07, 6.45) is 0.642. The zero-order valence-electron chi connectivity index (χ0n) is 21.0. The second-order valence-electron chi connectivity index (χ2n) is 9.12. The second kappa shape index (κ2) is 10.9. The van der Waals surface area contributed by atoms with Crippen LogP contribution >= 0.6 is 11.8 Å². The van der Waals surface area contributed by atoms with Crippen LogP contribution in [0.4, 0.5) is 0 Å². The lowest BCUT2D eigenvalue weighted by atomic mass is 9.74. The van der Waals surface area contributed by atoms with Crippen LogP contribution in [0.3, 0.4) is 0 Å². The third kappa shape index (κ3) is 4.94. The van der Waals surface area contributed by atoms with Crippen LogP contribution < -0.4 is 0 Å². The van der Waals surface area contributed by atoms with Gasteiger partial charge in [-0.25, -0.2) is 0 Å². The first-order valence-electron chi connectivity index (χ1n) is 12.4. The van der Waals surface area contributed by atoms with E-state index in [9.17, 15) is 5.26 Å². The summed E-state index contributed by atoms with van der Waals surface area (Å²) < 4.78 is 2.13. The zero-order valence-corrected chi connectivity index (χ0v) is 21.8. The highest BCUT2D eigenvalue weighted by atomic mass is 32.2. The van der Waals surface area contributed by atoms with Crippen LogP contribution in [0.1, 0.15) is 28.7 Å². The van der Waals surface area contributed by atoms with Crippen LogP contribution in [-0.4, -0.2) is 20.5 Å². The third-order valence-electron chi connectivity index (χ3n) is 6.85. The third-order valence-corrected chi connectivity index (χ3v) is 7.78. The molecule has 4 nitrogen and oxygen atoms in total. The maximum Gasteiger partial charge on any atom is 0.196 e. The van der Waals surface area contributed by atoms with Gasteiger partial charge in [0.15, 0.2) is 11.0 Å². The molecule has 37 heavy (non-hydrogen) atoms. The number of hydrogen-bond acceptors (Lipinski definition) is 4. The van der Waals surface area contributed by atoms with E-state index in [2.05, 4.69) is 65.0 Å². The molecule has 1 aromatic heterocycles. The minimum absolute atomic E-state index is 0.642. The van der Waals surface area contributed by atoms with Crippen molar-refractivity contribution in [3.05, 3.63) is 131 Å². The zero-order chi connectivity index (χ0) is 25.7. The van der Waals surface area contributed by atoms with Crippen molar-refractivity contribution in [3.8, 4) is 23.1 Å². The topological polar surface area (TPSA) is 54.5 Å². The second-order valence-corrected chi connectivity index (χ2v) is 10.2. The van der Waals surface area contributed by atoms with Crippen molar-refractivity contribution in [1.82, 2.24) is 14.8 Å². The van der Waals surface area contributed by atoms with E-state index in [1.807, 2.05) is 78.9 Å². The molecule has 0 bridgehead atoms. The van der Waals surface area contributed by atoms with Gasteiger partial charge in [0.2, 0.25) is 0 Å². The molecule has 182 valence electrons. The lowest BCUT2D eigenvalue weighted by Crippen LogP contribution is -2.26. The molecule has 0 saturated heterocycles. The maximum absolute atomic E-state index is 10.5. The quantitative estimate of drug-likeness (QED) is 0.207. The molecule has 1 heterocycles. The van der Waals surface area contributed by atoms with Crippen LogP contribution in [0.25, 0.3) is 17.1 Å². The van der Waals surface area contributed by atoms with Gasteiger partial charge in [-0.1, -0.05) is 109 Å². The number of nitrogens with zero attached hydrogens (tertiary/aromatic N) is 4. The summed E-state index contributed by atoms with van der Waals surface area (Å²) in [6.45, 7) is 4.24. The van der Waals surface area contributed by atoms with E-state index in [0.29, 0.717) is 12.2 Å². The van der Waals surface area contributed by atoms with E-state index in [1.54, 1.807) is 11.8 Å². The van der Waals surface area contributed by atoms with Crippen LogP contribution in [0, 0.1) is 25.2 Å². The largest absolute Gasteiger partial charge is 0.270 e. The lowest BCUT2D eigenvalue weighted by molar-refractivity contribution is 0.637. The van der Waals surface area contributed by atoms with Crippen molar-refractivity contribution in [2.75, 3.05) is 5.75 Å². The van der Waals surface area contributed by atoms with Gasteiger partial charge in [-0.3, -0.25) is 4.57 Å². The van der Waals surface area contributed by atoms with Crippen LogP contribution in [0.15, 0.2) is 114 Å². The van der Waals surface area contributed by atoms with Gasteiger partial charge < -0.3 is 0 Å². The molecule has 0 atom stereocenters. The molecule has 0 aliphatic carbocycles. The van der Waals surface area contributed by atoms with E-state index in [1.165, 1.54) is 11.1 Å².